The molecule has 20 heavy (non-hydrogen) atoms. The van der Waals surface area contributed by atoms with E-state index in [9.17, 15) is 4.79 Å². The molecule has 1 aliphatic heterocycles. The summed E-state index contributed by atoms with van der Waals surface area (Å²) >= 11 is 0. The maximum atomic E-state index is 11.7. The van der Waals surface area contributed by atoms with E-state index >= 15 is 0 Å². The molecule has 3 rings (SSSR count). The van der Waals surface area contributed by atoms with Gasteiger partial charge in [0, 0.05) is 50.7 Å². The second-order valence-corrected chi connectivity index (χ2v) is 6.18. The summed E-state index contributed by atoms with van der Waals surface area (Å²) in [6.45, 7) is 7.44. The quantitative estimate of drug-likeness (QED) is 0.844. The Labute approximate surface area is 121 Å². The number of nitrogens with zero attached hydrogens (tertiary/aromatic N) is 2. The first-order valence-corrected chi connectivity index (χ1v) is 7.79. The Morgan fingerprint density at radius 1 is 1.20 bits per heavy atom. The molecule has 0 N–H and O–H groups in total. The van der Waals surface area contributed by atoms with E-state index in [2.05, 4.69) is 41.0 Å². The minimum absolute atomic E-state index is 0.320. The second-order valence-electron chi connectivity index (χ2n) is 6.18. The lowest BCUT2D eigenvalue weighted by Gasteiger charge is -2.37. The van der Waals surface area contributed by atoms with Gasteiger partial charge < -0.3 is 4.90 Å². The van der Waals surface area contributed by atoms with Crippen molar-refractivity contribution in [1.82, 2.24) is 4.90 Å². The second kappa shape index (κ2) is 5.96. The largest absolute Gasteiger partial charge is 0.369 e. The Hall–Kier alpha value is -1.35. The van der Waals surface area contributed by atoms with Crippen molar-refractivity contribution in [3.63, 3.8) is 0 Å². The molecule has 0 spiro atoms. The van der Waals surface area contributed by atoms with E-state index < -0.39 is 0 Å². The number of benzene rings is 1. The van der Waals surface area contributed by atoms with Gasteiger partial charge in [-0.25, -0.2) is 0 Å². The molecule has 0 radical (unpaired) electrons. The van der Waals surface area contributed by atoms with Crippen molar-refractivity contribution in [2.24, 2.45) is 5.92 Å². The maximum Gasteiger partial charge on any atom is 0.137 e. The van der Waals surface area contributed by atoms with Gasteiger partial charge in [-0.1, -0.05) is 12.1 Å². The van der Waals surface area contributed by atoms with E-state index in [-0.39, 0.29) is 0 Å². The molecular formula is C17H24N2O. The minimum atomic E-state index is 0.320. The molecular weight excluding hydrogens is 248 g/mol. The number of hydrogen-bond donors (Lipinski definition) is 0. The fourth-order valence-corrected chi connectivity index (χ4v) is 3.41. The van der Waals surface area contributed by atoms with Gasteiger partial charge >= 0.3 is 0 Å². The molecule has 3 heteroatoms. The molecule has 1 heterocycles. The number of carbonyl (C=O) groups is 1. The summed E-state index contributed by atoms with van der Waals surface area (Å²) in [6, 6.07) is 8.74. The Balaban J connectivity index is 1.53. The van der Waals surface area contributed by atoms with Crippen LogP contribution in [0.3, 0.4) is 0 Å². The molecule has 3 nitrogen and oxygen atoms in total. The molecule has 0 bridgehead atoms. The molecule has 2 aliphatic rings. The topological polar surface area (TPSA) is 23.6 Å². The van der Waals surface area contributed by atoms with Crippen LogP contribution in [0.15, 0.2) is 24.3 Å². The third-order valence-electron chi connectivity index (χ3n) is 4.65. The van der Waals surface area contributed by atoms with Crippen molar-refractivity contribution in [3.05, 3.63) is 29.8 Å². The van der Waals surface area contributed by atoms with Gasteiger partial charge in [0.15, 0.2) is 0 Å². The third-order valence-corrected chi connectivity index (χ3v) is 4.65. The number of ketones is 1. The molecule has 2 fully saturated rings. The van der Waals surface area contributed by atoms with Gasteiger partial charge in [0.2, 0.25) is 0 Å². The van der Waals surface area contributed by atoms with Crippen LogP contribution < -0.4 is 4.90 Å². The summed E-state index contributed by atoms with van der Waals surface area (Å²) in [5.41, 5.74) is 2.66. The predicted octanol–water partition coefficient (Wildman–Crippen LogP) is 2.49. The molecule has 0 amide bonds. The lowest BCUT2D eigenvalue weighted by atomic mass is 10.1. The molecule has 1 unspecified atom stereocenters. The van der Waals surface area contributed by atoms with Gasteiger partial charge in [0.25, 0.3) is 0 Å². The van der Waals surface area contributed by atoms with Crippen molar-refractivity contribution < 1.29 is 4.79 Å². The number of piperazine rings is 1. The van der Waals surface area contributed by atoms with Gasteiger partial charge in [-0.3, -0.25) is 9.69 Å². The Kier molecular flexibility index (Phi) is 4.06. The molecule has 1 saturated carbocycles. The van der Waals surface area contributed by atoms with Crippen molar-refractivity contribution in [2.45, 2.75) is 26.2 Å². The number of Topliss-reactive ketones (excluding diaryl/α,β-unsaturated/α-hetero) is 1. The van der Waals surface area contributed by atoms with Crippen LogP contribution in [0.1, 0.15) is 24.8 Å². The third kappa shape index (κ3) is 3.04. The monoisotopic (exact) mass is 272 g/mol. The van der Waals surface area contributed by atoms with Gasteiger partial charge in [0.1, 0.15) is 5.78 Å². The summed E-state index contributed by atoms with van der Waals surface area (Å²) in [7, 11) is 0. The molecule has 1 aromatic rings. The molecule has 1 aromatic carbocycles. The van der Waals surface area contributed by atoms with Crippen LogP contribution in [0.25, 0.3) is 0 Å². The molecule has 0 aromatic heterocycles. The normalized spacial score (nSPS) is 24.4. The highest BCUT2D eigenvalue weighted by Crippen LogP contribution is 2.23. The first-order chi connectivity index (χ1) is 9.72. The van der Waals surface area contributed by atoms with Gasteiger partial charge in [-0.15, -0.1) is 0 Å². The molecule has 1 aliphatic carbocycles. The van der Waals surface area contributed by atoms with Crippen LogP contribution in [0.5, 0.6) is 0 Å². The van der Waals surface area contributed by atoms with Crippen LogP contribution in [0.4, 0.5) is 5.69 Å². The standard InChI is InChI=1S/C17H24N2O/c1-14-4-2-6-16(12-14)19-10-8-18(9-11-19)13-15-5-3-7-17(15)20/h2,4,6,12,15H,3,5,7-11,13H2,1H3. The van der Waals surface area contributed by atoms with Crippen molar-refractivity contribution in [1.29, 1.82) is 0 Å². The van der Waals surface area contributed by atoms with Gasteiger partial charge in [0.05, 0.1) is 0 Å². The number of hydrogen-bond acceptors (Lipinski definition) is 3. The molecule has 1 atom stereocenters. The van der Waals surface area contributed by atoms with Crippen LogP contribution in [-0.2, 0) is 4.79 Å². The zero-order valence-electron chi connectivity index (χ0n) is 12.3. The van der Waals surface area contributed by atoms with E-state index in [4.69, 9.17) is 0 Å². The summed E-state index contributed by atoms with van der Waals surface area (Å²) < 4.78 is 0. The van der Waals surface area contributed by atoms with Crippen LogP contribution in [-0.4, -0.2) is 43.4 Å². The van der Waals surface area contributed by atoms with Crippen LogP contribution in [0, 0.1) is 12.8 Å². The zero-order chi connectivity index (χ0) is 13.9. The molecule has 1 saturated heterocycles. The Morgan fingerprint density at radius 3 is 2.65 bits per heavy atom. The average molecular weight is 272 g/mol. The predicted molar refractivity (Wildman–Crippen MR) is 82.2 cm³/mol. The highest BCUT2D eigenvalue weighted by atomic mass is 16.1. The lowest BCUT2D eigenvalue weighted by Crippen LogP contribution is -2.48. The zero-order valence-corrected chi connectivity index (χ0v) is 12.3. The number of anilines is 1. The summed E-state index contributed by atoms with van der Waals surface area (Å²) in [4.78, 5) is 16.7. The Morgan fingerprint density at radius 2 is 2.00 bits per heavy atom. The van der Waals surface area contributed by atoms with E-state index in [1.165, 1.54) is 11.3 Å². The van der Waals surface area contributed by atoms with Gasteiger partial charge in [-0.05, 0) is 37.5 Å². The maximum absolute atomic E-state index is 11.7. The molecule has 108 valence electrons. The number of carbonyl (C=O) groups excluding carboxylic acids is 1. The average Bonchev–Trinajstić information content (AvgIpc) is 2.85. The lowest BCUT2D eigenvalue weighted by molar-refractivity contribution is -0.121. The fourth-order valence-electron chi connectivity index (χ4n) is 3.41. The minimum Gasteiger partial charge on any atom is -0.369 e. The smallest absolute Gasteiger partial charge is 0.137 e. The van der Waals surface area contributed by atoms with E-state index in [0.717, 1.165) is 52.0 Å². The van der Waals surface area contributed by atoms with E-state index in [1.54, 1.807) is 0 Å². The highest BCUT2D eigenvalue weighted by molar-refractivity contribution is 5.83. The van der Waals surface area contributed by atoms with Gasteiger partial charge in [-0.2, -0.15) is 0 Å². The van der Waals surface area contributed by atoms with Crippen LogP contribution in [0.2, 0.25) is 0 Å². The summed E-state index contributed by atoms with van der Waals surface area (Å²) in [6.07, 6.45) is 3.03. The fraction of sp³-hybridized carbons (Fsp3) is 0.588. The Bertz CT molecular complexity index is 478. The number of rotatable bonds is 3. The summed E-state index contributed by atoms with van der Waals surface area (Å²) in [5.74, 6) is 0.812. The first kappa shape index (κ1) is 13.6. The first-order valence-electron chi connectivity index (χ1n) is 7.79. The van der Waals surface area contributed by atoms with E-state index in [1.807, 2.05) is 0 Å². The van der Waals surface area contributed by atoms with Crippen LogP contribution >= 0.6 is 0 Å². The van der Waals surface area contributed by atoms with E-state index in [0.29, 0.717) is 11.7 Å². The highest BCUT2D eigenvalue weighted by Gasteiger charge is 2.27. The number of aryl methyl sites for hydroxylation is 1. The van der Waals surface area contributed by atoms with Crippen molar-refractivity contribution in [2.75, 3.05) is 37.6 Å². The van der Waals surface area contributed by atoms with Crippen molar-refractivity contribution >= 4 is 11.5 Å². The van der Waals surface area contributed by atoms with Crippen molar-refractivity contribution in [3.8, 4) is 0 Å². The summed E-state index contributed by atoms with van der Waals surface area (Å²) in [5, 5.41) is 0. The SMILES string of the molecule is Cc1cccc(N2CCN(CC3CCCC3=O)CC2)c1.